The Balaban J connectivity index is 2.15. The molecule has 0 aliphatic heterocycles. The lowest BCUT2D eigenvalue weighted by atomic mass is 10.3. The van der Waals surface area contributed by atoms with Crippen LogP contribution in [-0.2, 0) is 4.79 Å². The van der Waals surface area contributed by atoms with E-state index in [9.17, 15) is 9.18 Å². The lowest BCUT2D eigenvalue weighted by Crippen LogP contribution is -2.24. The van der Waals surface area contributed by atoms with E-state index in [0.717, 1.165) is 16.4 Å². The Labute approximate surface area is 142 Å². The van der Waals surface area contributed by atoms with Gasteiger partial charge in [-0.1, -0.05) is 0 Å². The average molecular weight is 416 g/mol. The number of hydrogen-bond donors (Lipinski definition) is 2. The fourth-order valence-electron chi connectivity index (χ4n) is 1.61. The van der Waals surface area contributed by atoms with Gasteiger partial charge in [-0.05, 0) is 53.6 Å². The van der Waals surface area contributed by atoms with E-state index < -0.39 is 0 Å². The molecule has 2 N–H and O–H groups in total. The summed E-state index contributed by atoms with van der Waals surface area (Å²) >= 11 is 2.04. The fraction of sp³-hybridized carbons (Fsp3) is 0.333. The molecule has 1 saturated carbocycles. The Bertz CT molecular complexity index is 612. The third-order valence-electron chi connectivity index (χ3n) is 2.81. The molecule has 0 unspecified atom stereocenters. The van der Waals surface area contributed by atoms with E-state index in [4.69, 9.17) is 0 Å². The van der Waals surface area contributed by atoms with Crippen molar-refractivity contribution in [3.8, 4) is 0 Å². The predicted molar refractivity (Wildman–Crippen MR) is 94.2 cm³/mol. The van der Waals surface area contributed by atoms with Gasteiger partial charge < -0.3 is 15.5 Å². The molecule has 2 rings (SSSR count). The van der Waals surface area contributed by atoms with Crippen molar-refractivity contribution in [3.63, 3.8) is 0 Å². The molecule has 1 amide bonds. The van der Waals surface area contributed by atoms with Crippen molar-refractivity contribution in [2.75, 3.05) is 19.4 Å². The molecular weight excluding hydrogens is 398 g/mol. The van der Waals surface area contributed by atoms with Crippen LogP contribution < -0.4 is 10.6 Å². The second-order valence-electron chi connectivity index (χ2n) is 5.27. The Morgan fingerprint density at radius 3 is 2.77 bits per heavy atom. The summed E-state index contributed by atoms with van der Waals surface area (Å²) in [5.74, 6) is -0.334. The van der Waals surface area contributed by atoms with Crippen molar-refractivity contribution in [1.82, 2.24) is 10.2 Å². The molecule has 7 heteroatoms. The summed E-state index contributed by atoms with van der Waals surface area (Å²) in [5.41, 5.74) is 0.279. The van der Waals surface area contributed by atoms with Crippen LogP contribution in [0.2, 0.25) is 0 Å². The molecule has 0 saturated heterocycles. The lowest BCUT2D eigenvalue weighted by molar-refractivity contribution is -0.116. The van der Waals surface area contributed by atoms with Gasteiger partial charge in [-0.15, -0.1) is 0 Å². The van der Waals surface area contributed by atoms with Crippen LogP contribution in [-0.4, -0.2) is 37.3 Å². The molecule has 0 bridgehead atoms. The molecule has 1 aliphatic carbocycles. The summed E-state index contributed by atoms with van der Waals surface area (Å²) in [6, 6.07) is 5.08. The van der Waals surface area contributed by atoms with Crippen LogP contribution in [0.5, 0.6) is 0 Å². The van der Waals surface area contributed by atoms with Crippen LogP contribution >= 0.6 is 22.6 Å². The van der Waals surface area contributed by atoms with E-state index in [2.05, 4.69) is 15.6 Å². The summed E-state index contributed by atoms with van der Waals surface area (Å²) < 4.78 is 14.7. The van der Waals surface area contributed by atoms with Crippen molar-refractivity contribution in [2.24, 2.45) is 4.99 Å². The first-order chi connectivity index (χ1) is 10.4. The highest BCUT2D eigenvalue weighted by Crippen LogP contribution is 2.20. The van der Waals surface area contributed by atoms with Gasteiger partial charge in [-0.3, -0.25) is 4.79 Å². The molecule has 5 nitrogen and oxygen atoms in total. The predicted octanol–water partition coefficient (Wildman–Crippen LogP) is 2.55. The van der Waals surface area contributed by atoms with Gasteiger partial charge in [-0.2, -0.15) is 0 Å². The molecule has 0 heterocycles. The minimum absolute atomic E-state index is 0.230. The minimum atomic E-state index is -0.388. The Kier molecular flexibility index (Phi) is 5.76. The number of aliphatic imine (C=N–C) groups is 1. The molecule has 0 atom stereocenters. The van der Waals surface area contributed by atoms with Crippen LogP contribution in [0.25, 0.3) is 0 Å². The summed E-state index contributed by atoms with van der Waals surface area (Å²) in [6.07, 6.45) is 4.91. The second kappa shape index (κ2) is 7.57. The fourth-order valence-corrected chi connectivity index (χ4v) is 2.06. The number of nitrogens with zero attached hydrogens (tertiary/aromatic N) is 2. The van der Waals surface area contributed by atoms with Crippen LogP contribution in [0.3, 0.4) is 0 Å². The highest BCUT2D eigenvalue weighted by Gasteiger charge is 2.22. The molecule has 0 radical (unpaired) electrons. The molecule has 22 heavy (non-hydrogen) atoms. The first-order valence-electron chi connectivity index (χ1n) is 6.89. The number of halogens is 2. The first-order valence-corrected chi connectivity index (χ1v) is 7.97. The monoisotopic (exact) mass is 416 g/mol. The number of anilines is 1. The van der Waals surface area contributed by atoms with E-state index in [1.807, 2.05) is 36.7 Å². The van der Waals surface area contributed by atoms with Gasteiger partial charge in [0.05, 0.1) is 12.0 Å². The first kappa shape index (κ1) is 16.7. The molecule has 1 aromatic carbocycles. The maximum Gasteiger partial charge on any atom is 0.247 e. The smallest absolute Gasteiger partial charge is 0.247 e. The van der Waals surface area contributed by atoms with Crippen molar-refractivity contribution >= 4 is 40.5 Å². The zero-order valence-corrected chi connectivity index (χ0v) is 14.6. The van der Waals surface area contributed by atoms with Crippen molar-refractivity contribution in [2.45, 2.75) is 18.9 Å². The third kappa shape index (κ3) is 5.63. The van der Waals surface area contributed by atoms with Gasteiger partial charge in [0.2, 0.25) is 5.91 Å². The van der Waals surface area contributed by atoms with Crippen LogP contribution in [0.15, 0.2) is 35.1 Å². The number of nitrogens with one attached hydrogen (secondary N) is 2. The van der Waals surface area contributed by atoms with Gasteiger partial charge >= 0.3 is 0 Å². The number of amides is 1. The van der Waals surface area contributed by atoms with Crippen molar-refractivity contribution in [3.05, 3.63) is 39.5 Å². The largest absolute Gasteiger partial charge is 0.369 e. The highest BCUT2D eigenvalue weighted by molar-refractivity contribution is 14.1. The normalized spacial score (nSPS) is 15.0. The SMILES string of the molecule is CN(C)/C=N/C(=C/C(=O)NC1CC1)Nc1ccc(I)cc1F. The number of carbonyl (C=O) groups excluding carboxylic acids is 1. The topological polar surface area (TPSA) is 56.7 Å². The number of carbonyl (C=O) groups is 1. The zero-order valence-electron chi connectivity index (χ0n) is 12.4. The minimum Gasteiger partial charge on any atom is -0.369 e. The number of benzene rings is 1. The summed E-state index contributed by atoms with van der Waals surface area (Å²) in [4.78, 5) is 17.8. The summed E-state index contributed by atoms with van der Waals surface area (Å²) in [5, 5.41) is 5.70. The van der Waals surface area contributed by atoms with Gasteiger partial charge in [0.15, 0.2) is 0 Å². The molecule has 0 spiro atoms. The van der Waals surface area contributed by atoms with Crippen LogP contribution in [0.4, 0.5) is 10.1 Å². The van der Waals surface area contributed by atoms with Gasteiger partial charge in [-0.25, -0.2) is 9.38 Å². The van der Waals surface area contributed by atoms with E-state index in [-0.39, 0.29) is 29.3 Å². The zero-order chi connectivity index (χ0) is 16.1. The van der Waals surface area contributed by atoms with E-state index in [1.165, 1.54) is 12.1 Å². The lowest BCUT2D eigenvalue weighted by Gasteiger charge is -2.10. The number of hydrogen-bond acceptors (Lipinski definition) is 3. The van der Waals surface area contributed by atoms with Gasteiger partial charge in [0, 0.05) is 29.8 Å². The van der Waals surface area contributed by atoms with Crippen molar-refractivity contribution < 1.29 is 9.18 Å². The molecule has 1 aromatic rings. The molecule has 1 aliphatic rings. The maximum absolute atomic E-state index is 13.9. The molecule has 0 aromatic heterocycles. The highest BCUT2D eigenvalue weighted by atomic mass is 127. The van der Waals surface area contributed by atoms with Crippen LogP contribution in [0.1, 0.15) is 12.8 Å². The maximum atomic E-state index is 13.9. The Hall–Kier alpha value is -1.64. The van der Waals surface area contributed by atoms with Crippen LogP contribution in [0, 0.1) is 9.39 Å². The Morgan fingerprint density at radius 2 is 2.18 bits per heavy atom. The molecule has 118 valence electrons. The number of rotatable bonds is 6. The van der Waals surface area contributed by atoms with E-state index in [1.54, 1.807) is 23.4 Å². The molecule has 1 fully saturated rings. The third-order valence-corrected chi connectivity index (χ3v) is 3.48. The standard InChI is InChI=1S/C15H18FIN4O/c1-21(2)9-18-14(8-15(22)19-11-4-5-11)20-13-6-3-10(17)7-12(13)16/h3,6-9,11,20H,4-5H2,1-2H3,(H,19,22)/b14-8-,18-9+. The van der Waals surface area contributed by atoms with E-state index in [0.29, 0.717) is 0 Å². The van der Waals surface area contributed by atoms with Gasteiger partial charge in [0.25, 0.3) is 0 Å². The van der Waals surface area contributed by atoms with Gasteiger partial charge in [0.1, 0.15) is 11.6 Å². The molecular formula is C15H18FIN4O. The Morgan fingerprint density at radius 1 is 1.45 bits per heavy atom. The van der Waals surface area contributed by atoms with Crippen molar-refractivity contribution in [1.29, 1.82) is 0 Å². The second-order valence-corrected chi connectivity index (χ2v) is 6.52. The summed E-state index contributed by atoms with van der Waals surface area (Å²) in [6.45, 7) is 0. The quantitative estimate of drug-likeness (QED) is 0.325. The van der Waals surface area contributed by atoms with E-state index >= 15 is 0 Å². The summed E-state index contributed by atoms with van der Waals surface area (Å²) in [7, 11) is 3.63. The average Bonchev–Trinajstić information content (AvgIpc) is 3.22.